The van der Waals surface area contributed by atoms with E-state index in [9.17, 15) is 0 Å². The summed E-state index contributed by atoms with van der Waals surface area (Å²) in [5.41, 5.74) is 0. The Morgan fingerprint density at radius 2 is 1.71 bits per heavy atom. The molecule has 0 heterocycles. The van der Waals surface area contributed by atoms with E-state index in [1.165, 1.54) is 63.9 Å². The average Bonchev–Trinajstić information content (AvgIpc) is 3.08. The minimum Gasteiger partial charge on any atom is -0.0654 e. The van der Waals surface area contributed by atoms with Crippen molar-refractivity contribution in [1.29, 1.82) is 0 Å². The van der Waals surface area contributed by atoms with E-state index in [0.717, 1.165) is 11.8 Å². The first kappa shape index (κ1) is 16.9. The van der Waals surface area contributed by atoms with Gasteiger partial charge in [0.25, 0.3) is 0 Å². The predicted molar refractivity (Wildman–Crippen MR) is 98.7 cm³/mol. The lowest BCUT2D eigenvalue weighted by Gasteiger charge is -2.16. The van der Waals surface area contributed by atoms with Crippen molar-refractivity contribution in [1.82, 2.24) is 0 Å². The monoisotopic (exact) mass is 480 g/mol. The van der Waals surface area contributed by atoms with Crippen molar-refractivity contribution in [2.75, 3.05) is 6.16 Å². The number of hydrogen-bond acceptors (Lipinski definition) is 0. The van der Waals surface area contributed by atoms with Gasteiger partial charge in [0.05, 0.1) is 0 Å². The van der Waals surface area contributed by atoms with Crippen molar-refractivity contribution in [3.63, 3.8) is 0 Å². The molecule has 1 unspecified atom stereocenters. The number of unbranched alkanes of at least 4 members (excludes halogenated alkanes) is 3. The summed E-state index contributed by atoms with van der Waals surface area (Å²) in [6.45, 7) is 2.32. The van der Waals surface area contributed by atoms with E-state index < -0.39 is 0 Å². The van der Waals surface area contributed by atoms with Crippen LogP contribution in [0.15, 0.2) is 0 Å². The average molecular weight is 480 g/mol. The summed E-state index contributed by atoms with van der Waals surface area (Å²) in [7, 11) is 0. The Labute approximate surface area is 135 Å². The Bertz CT molecular complexity index is 181. The standard InChI is InChI=1S/C14H27I2P/c1-2-3-4-7-13(12-14-9-10-14)8-5-6-11-17(15)16/h13-14H,2-12H2,1H3. The van der Waals surface area contributed by atoms with E-state index in [0.29, 0.717) is 3.21 Å². The molecule has 1 atom stereocenters. The van der Waals surface area contributed by atoms with Crippen molar-refractivity contribution in [3.05, 3.63) is 0 Å². The van der Waals surface area contributed by atoms with Crippen molar-refractivity contribution >= 4 is 47.3 Å². The molecule has 0 aromatic rings. The second-order valence-electron chi connectivity index (χ2n) is 5.56. The number of halogens is 2. The zero-order chi connectivity index (χ0) is 12.5. The summed E-state index contributed by atoms with van der Waals surface area (Å²) in [5.74, 6) is 2.21. The Balaban J connectivity index is 2.06. The van der Waals surface area contributed by atoms with Gasteiger partial charge in [0.2, 0.25) is 0 Å². The first-order chi connectivity index (χ1) is 8.22. The van der Waals surface area contributed by atoms with Crippen LogP contribution in [0.4, 0.5) is 0 Å². The smallest absolute Gasteiger partial charge is 0.0247 e. The summed E-state index contributed by atoms with van der Waals surface area (Å²) in [5, 5.41) is 0. The molecule has 1 fully saturated rings. The molecule has 0 aromatic carbocycles. The van der Waals surface area contributed by atoms with Crippen molar-refractivity contribution in [2.45, 2.75) is 71.1 Å². The van der Waals surface area contributed by atoms with Gasteiger partial charge in [0.15, 0.2) is 0 Å². The number of hydrogen-bond donors (Lipinski definition) is 0. The molecule has 0 spiro atoms. The van der Waals surface area contributed by atoms with Gasteiger partial charge in [-0.2, -0.15) is 0 Å². The summed E-state index contributed by atoms with van der Waals surface area (Å²) in [6.07, 6.45) is 16.4. The van der Waals surface area contributed by atoms with E-state index in [-0.39, 0.29) is 0 Å². The lowest BCUT2D eigenvalue weighted by atomic mass is 9.91. The maximum atomic E-state index is 2.61. The third-order valence-corrected chi connectivity index (χ3v) is 7.32. The normalized spacial score (nSPS) is 17.6. The van der Waals surface area contributed by atoms with Gasteiger partial charge in [-0.25, -0.2) is 0 Å². The molecule has 0 aromatic heterocycles. The number of rotatable bonds is 11. The fourth-order valence-corrected chi connectivity index (χ4v) is 5.06. The van der Waals surface area contributed by atoms with Gasteiger partial charge >= 0.3 is 0 Å². The van der Waals surface area contributed by atoms with Gasteiger partial charge in [0.1, 0.15) is 0 Å². The van der Waals surface area contributed by atoms with E-state index in [1.54, 1.807) is 6.42 Å². The van der Waals surface area contributed by atoms with Crippen LogP contribution in [-0.4, -0.2) is 6.16 Å². The van der Waals surface area contributed by atoms with E-state index >= 15 is 0 Å². The molecular weight excluding hydrogens is 453 g/mol. The van der Waals surface area contributed by atoms with Gasteiger partial charge in [-0.3, -0.25) is 0 Å². The largest absolute Gasteiger partial charge is 0.0654 e. The lowest BCUT2D eigenvalue weighted by molar-refractivity contribution is 0.372. The topological polar surface area (TPSA) is 0 Å². The summed E-state index contributed by atoms with van der Waals surface area (Å²) >= 11 is 5.22. The molecule has 1 rings (SSSR count). The SMILES string of the molecule is CCCCCC(CCCCP(I)I)CC1CC1. The highest BCUT2D eigenvalue weighted by Gasteiger charge is 2.24. The van der Waals surface area contributed by atoms with Crippen LogP contribution in [-0.2, 0) is 0 Å². The molecule has 17 heavy (non-hydrogen) atoms. The third kappa shape index (κ3) is 10.4. The van der Waals surface area contributed by atoms with Gasteiger partial charge in [0, 0.05) is 3.21 Å². The molecule has 102 valence electrons. The van der Waals surface area contributed by atoms with Crippen LogP contribution in [0.2, 0.25) is 0 Å². The minimum atomic E-state index is 0.291. The van der Waals surface area contributed by atoms with Crippen LogP contribution in [0, 0.1) is 11.8 Å². The Morgan fingerprint density at radius 1 is 1.06 bits per heavy atom. The molecular formula is C14H27I2P. The second kappa shape index (κ2) is 10.7. The summed E-state index contributed by atoms with van der Waals surface area (Å²) in [6, 6.07) is 0. The minimum absolute atomic E-state index is 0.291. The summed E-state index contributed by atoms with van der Waals surface area (Å²) < 4.78 is 0.291. The highest BCUT2D eigenvalue weighted by molar-refractivity contribution is 14.3. The third-order valence-electron chi connectivity index (χ3n) is 3.77. The quantitative estimate of drug-likeness (QED) is 0.165. The second-order valence-corrected chi connectivity index (χ2v) is 19.1. The fraction of sp³-hybridized carbons (Fsp3) is 1.00. The molecule has 0 aliphatic heterocycles. The molecule has 0 nitrogen and oxygen atoms in total. The molecule has 1 aliphatic rings. The first-order valence-corrected chi connectivity index (χ1v) is 14.4. The Kier molecular flexibility index (Phi) is 10.6. The van der Waals surface area contributed by atoms with Gasteiger partial charge < -0.3 is 0 Å². The van der Waals surface area contributed by atoms with E-state index in [4.69, 9.17) is 0 Å². The maximum absolute atomic E-state index is 2.61. The van der Waals surface area contributed by atoms with Crippen LogP contribution in [0.1, 0.15) is 71.1 Å². The molecule has 1 saturated carbocycles. The van der Waals surface area contributed by atoms with Crippen LogP contribution in [0.3, 0.4) is 0 Å². The van der Waals surface area contributed by atoms with E-state index in [2.05, 4.69) is 51.0 Å². The van der Waals surface area contributed by atoms with E-state index in [1.807, 2.05) is 0 Å². The first-order valence-electron chi connectivity index (χ1n) is 7.31. The van der Waals surface area contributed by atoms with Crippen LogP contribution < -0.4 is 0 Å². The van der Waals surface area contributed by atoms with Crippen molar-refractivity contribution in [2.24, 2.45) is 11.8 Å². The van der Waals surface area contributed by atoms with Crippen LogP contribution >= 0.6 is 47.3 Å². The van der Waals surface area contributed by atoms with Gasteiger partial charge in [-0.15, -0.1) is 0 Å². The predicted octanol–water partition coefficient (Wildman–Crippen LogP) is 7.34. The molecule has 1 aliphatic carbocycles. The maximum Gasteiger partial charge on any atom is 0.0247 e. The summed E-state index contributed by atoms with van der Waals surface area (Å²) in [4.78, 5) is 0. The molecule has 3 heteroatoms. The van der Waals surface area contributed by atoms with Crippen LogP contribution in [0.25, 0.3) is 0 Å². The van der Waals surface area contributed by atoms with Gasteiger partial charge in [-0.05, 0) is 74.9 Å². The Morgan fingerprint density at radius 3 is 2.24 bits per heavy atom. The zero-order valence-corrected chi connectivity index (χ0v) is 16.3. The highest BCUT2D eigenvalue weighted by Crippen LogP contribution is 2.54. The molecule has 0 saturated heterocycles. The molecule has 0 N–H and O–H groups in total. The lowest BCUT2D eigenvalue weighted by Crippen LogP contribution is -2.02. The van der Waals surface area contributed by atoms with Crippen molar-refractivity contribution < 1.29 is 0 Å². The molecule has 0 amide bonds. The van der Waals surface area contributed by atoms with Crippen LogP contribution in [0.5, 0.6) is 0 Å². The highest BCUT2D eigenvalue weighted by atomic mass is 127. The molecule has 0 bridgehead atoms. The molecule has 0 radical (unpaired) electrons. The van der Waals surface area contributed by atoms with Gasteiger partial charge in [-0.1, -0.05) is 58.3 Å². The zero-order valence-electron chi connectivity index (χ0n) is 11.1. The van der Waals surface area contributed by atoms with Crippen molar-refractivity contribution in [3.8, 4) is 0 Å². The Hall–Kier alpha value is 1.89. The fourth-order valence-electron chi connectivity index (χ4n) is 2.55.